The Kier molecular flexibility index (Phi) is 3.98. The summed E-state index contributed by atoms with van der Waals surface area (Å²) in [6.07, 6.45) is -3.02. The molecule has 1 rings (SSSR count). The van der Waals surface area contributed by atoms with Gasteiger partial charge in [0.1, 0.15) is 0 Å². The second kappa shape index (κ2) is 5.04. The summed E-state index contributed by atoms with van der Waals surface area (Å²) in [6, 6.07) is 2.71. The molecule has 5 heteroatoms. The number of nitrogens with zero attached hydrogens (tertiary/aromatic N) is 1. The molecule has 1 heterocycles. The molecule has 0 fully saturated rings. The van der Waals surface area contributed by atoms with Crippen molar-refractivity contribution in [1.82, 2.24) is 4.98 Å². The number of hydrogen-bond donors (Lipinski definition) is 0. The molecule has 0 amide bonds. The number of pyridine rings is 1. The summed E-state index contributed by atoms with van der Waals surface area (Å²) in [5.41, 5.74) is -1.07. The third-order valence-corrected chi connectivity index (χ3v) is 1.71. The molecular formula is C10H7ClF3N. The fourth-order valence-corrected chi connectivity index (χ4v) is 1.03. The Hall–Kier alpha value is -1.21. The molecule has 1 nitrogen and oxygen atoms in total. The largest absolute Gasteiger partial charge is 0.434 e. The fourth-order valence-electron chi connectivity index (χ4n) is 0.937. The van der Waals surface area contributed by atoms with Crippen LogP contribution in [0.3, 0.4) is 0 Å². The molecule has 0 aliphatic rings. The maximum Gasteiger partial charge on any atom is 0.434 e. The van der Waals surface area contributed by atoms with Gasteiger partial charge in [-0.05, 0) is 12.1 Å². The second-order valence-electron chi connectivity index (χ2n) is 2.64. The van der Waals surface area contributed by atoms with Crippen LogP contribution in [-0.4, -0.2) is 10.9 Å². The standard InChI is InChI=1S/C10H7ClF3N/c11-6-2-1-4-8-5-3-7-15-9(8)10(12,13)14/h3,5,7H,2,6H2. The van der Waals surface area contributed by atoms with E-state index in [0.29, 0.717) is 12.3 Å². The topological polar surface area (TPSA) is 12.9 Å². The molecule has 0 saturated carbocycles. The summed E-state index contributed by atoms with van der Waals surface area (Å²) < 4.78 is 37.2. The van der Waals surface area contributed by atoms with Gasteiger partial charge in [0.05, 0.1) is 5.56 Å². The predicted octanol–water partition coefficient (Wildman–Crippen LogP) is 3.08. The molecule has 0 N–H and O–H groups in total. The van der Waals surface area contributed by atoms with Gasteiger partial charge in [0.25, 0.3) is 0 Å². The van der Waals surface area contributed by atoms with Gasteiger partial charge in [-0.15, -0.1) is 11.6 Å². The van der Waals surface area contributed by atoms with Crippen molar-refractivity contribution in [1.29, 1.82) is 0 Å². The molecule has 0 aliphatic heterocycles. The van der Waals surface area contributed by atoms with Gasteiger partial charge >= 0.3 is 6.18 Å². The van der Waals surface area contributed by atoms with Crippen LogP contribution in [0.2, 0.25) is 0 Å². The van der Waals surface area contributed by atoms with Gasteiger partial charge in [-0.25, -0.2) is 0 Å². The highest BCUT2D eigenvalue weighted by atomic mass is 35.5. The van der Waals surface area contributed by atoms with Gasteiger partial charge in [-0.3, -0.25) is 4.98 Å². The van der Waals surface area contributed by atoms with Crippen LogP contribution in [0.4, 0.5) is 13.2 Å². The first-order valence-corrected chi connectivity index (χ1v) is 4.66. The van der Waals surface area contributed by atoms with Gasteiger partial charge in [-0.2, -0.15) is 13.2 Å². The average molecular weight is 234 g/mol. The second-order valence-corrected chi connectivity index (χ2v) is 3.02. The van der Waals surface area contributed by atoms with E-state index in [1.807, 2.05) is 0 Å². The number of halogens is 4. The number of hydrogen-bond acceptors (Lipinski definition) is 1. The molecule has 0 saturated heterocycles. The van der Waals surface area contributed by atoms with Crippen molar-refractivity contribution >= 4 is 11.6 Å². The first-order chi connectivity index (χ1) is 7.05. The van der Waals surface area contributed by atoms with Crippen LogP contribution in [-0.2, 0) is 6.18 Å². The maximum atomic E-state index is 12.4. The monoisotopic (exact) mass is 233 g/mol. The lowest BCUT2D eigenvalue weighted by atomic mass is 10.2. The third kappa shape index (κ3) is 3.45. The van der Waals surface area contributed by atoms with Gasteiger partial charge in [-0.1, -0.05) is 11.8 Å². The first kappa shape index (κ1) is 11.9. The van der Waals surface area contributed by atoms with Crippen LogP contribution in [0.25, 0.3) is 0 Å². The van der Waals surface area contributed by atoms with Crippen LogP contribution >= 0.6 is 11.6 Å². The van der Waals surface area contributed by atoms with Crippen LogP contribution in [0.15, 0.2) is 18.3 Å². The van der Waals surface area contributed by atoms with E-state index in [9.17, 15) is 13.2 Å². The van der Waals surface area contributed by atoms with Crippen LogP contribution in [0, 0.1) is 11.8 Å². The SMILES string of the molecule is FC(F)(F)c1ncccc1C#CCCCl. The molecule has 1 aromatic rings. The number of alkyl halides is 4. The molecule has 0 atom stereocenters. The molecule has 0 spiro atoms. The zero-order valence-electron chi connectivity index (χ0n) is 7.61. The smallest absolute Gasteiger partial charge is 0.251 e. The summed E-state index contributed by atoms with van der Waals surface area (Å²) in [5.74, 6) is 5.25. The van der Waals surface area contributed by atoms with Gasteiger partial charge < -0.3 is 0 Å². The van der Waals surface area contributed by atoms with Crippen molar-refractivity contribution < 1.29 is 13.2 Å². The zero-order chi connectivity index (χ0) is 11.3. The van der Waals surface area contributed by atoms with Crippen LogP contribution < -0.4 is 0 Å². The van der Waals surface area contributed by atoms with E-state index in [0.717, 1.165) is 6.20 Å². The molecule has 80 valence electrons. The highest BCUT2D eigenvalue weighted by Crippen LogP contribution is 2.29. The highest BCUT2D eigenvalue weighted by Gasteiger charge is 2.34. The zero-order valence-corrected chi connectivity index (χ0v) is 8.36. The van der Waals surface area contributed by atoms with E-state index in [-0.39, 0.29) is 5.56 Å². The first-order valence-electron chi connectivity index (χ1n) is 4.12. The Bertz CT molecular complexity index is 390. The van der Waals surface area contributed by atoms with E-state index in [2.05, 4.69) is 16.8 Å². The van der Waals surface area contributed by atoms with E-state index in [1.165, 1.54) is 12.1 Å². The Morgan fingerprint density at radius 3 is 2.73 bits per heavy atom. The molecule has 0 unspecified atom stereocenters. The van der Waals surface area contributed by atoms with Crippen molar-refractivity contribution in [2.45, 2.75) is 12.6 Å². The fraction of sp³-hybridized carbons (Fsp3) is 0.300. The van der Waals surface area contributed by atoms with Crippen LogP contribution in [0.5, 0.6) is 0 Å². The summed E-state index contributed by atoms with van der Waals surface area (Å²) in [5, 5.41) is 0. The molecule has 15 heavy (non-hydrogen) atoms. The van der Waals surface area contributed by atoms with Crippen molar-refractivity contribution in [2.24, 2.45) is 0 Å². The Morgan fingerprint density at radius 1 is 1.40 bits per heavy atom. The van der Waals surface area contributed by atoms with Crippen molar-refractivity contribution in [3.8, 4) is 11.8 Å². The third-order valence-electron chi connectivity index (χ3n) is 1.52. The van der Waals surface area contributed by atoms with Gasteiger partial charge in [0, 0.05) is 18.5 Å². The normalized spacial score (nSPS) is 10.7. The van der Waals surface area contributed by atoms with Crippen molar-refractivity contribution in [3.05, 3.63) is 29.6 Å². The lowest BCUT2D eigenvalue weighted by molar-refractivity contribution is -0.141. The van der Waals surface area contributed by atoms with Crippen LogP contribution in [0.1, 0.15) is 17.7 Å². The van der Waals surface area contributed by atoms with E-state index in [1.54, 1.807) is 0 Å². The van der Waals surface area contributed by atoms with Crippen molar-refractivity contribution in [3.63, 3.8) is 0 Å². The maximum absolute atomic E-state index is 12.4. The summed E-state index contributed by atoms with van der Waals surface area (Å²) in [7, 11) is 0. The minimum absolute atomic E-state index is 0.116. The Morgan fingerprint density at radius 2 is 2.13 bits per heavy atom. The van der Waals surface area contributed by atoms with Gasteiger partial charge in [0.2, 0.25) is 0 Å². The van der Waals surface area contributed by atoms with E-state index >= 15 is 0 Å². The Balaban J connectivity index is 3.04. The lowest BCUT2D eigenvalue weighted by Gasteiger charge is -2.06. The lowest BCUT2D eigenvalue weighted by Crippen LogP contribution is -2.10. The van der Waals surface area contributed by atoms with E-state index in [4.69, 9.17) is 11.6 Å². The summed E-state index contributed by atoms with van der Waals surface area (Å²) >= 11 is 5.36. The molecule has 0 aromatic carbocycles. The minimum Gasteiger partial charge on any atom is -0.251 e. The van der Waals surface area contributed by atoms with Crippen molar-refractivity contribution in [2.75, 3.05) is 5.88 Å². The summed E-state index contributed by atoms with van der Waals surface area (Å²) in [4.78, 5) is 3.27. The average Bonchev–Trinajstić information content (AvgIpc) is 2.17. The predicted molar refractivity (Wildman–Crippen MR) is 51.5 cm³/mol. The number of rotatable bonds is 1. The quantitative estimate of drug-likeness (QED) is 0.537. The summed E-state index contributed by atoms with van der Waals surface area (Å²) in [6.45, 7) is 0. The van der Waals surface area contributed by atoms with E-state index < -0.39 is 11.9 Å². The van der Waals surface area contributed by atoms with Gasteiger partial charge in [0.15, 0.2) is 5.69 Å². The highest BCUT2D eigenvalue weighted by molar-refractivity contribution is 6.18. The number of aromatic nitrogens is 1. The molecule has 0 radical (unpaired) electrons. The Labute approximate surface area is 90.3 Å². The molecule has 0 bridgehead atoms. The molecule has 0 aliphatic carbocycles. The molecular weight excluding hydrogens is 227 g/mol. The molecule has 1 aromatic heterocycles. The minimum atomic E-state index is -4.47.